The highest BCUT2D eigenvalue weighted by Crippen LogP contribution is 1.98. The molecular formula is C6H13NO2. The van der Waals surface area contributed by atoms with Gasteiger partial charge in [0.2, 0.25) is 5.91 Å². The molecule has 0 spiro atoms. The summed E-state index contributed by atoms with van der Waals surface area (Å²) in [7, 11) is 1.43. The maximum atomic E-state index is 10.7. The minimum Gasteiger partial charge on any atom is -0.277 e. The fourth-order valence-corrected chi connectivity index (χ4v) is 0.387. The third-order valence-electron chi connectivity index (χ3n) is 1.26. The van der Waals surface area contributed by atoms with Crippen molar-refractivity contribution >= 4 is 5.91 Å². The van der Waals surface area contributed by atoms with Crippen molar-refractivity contribution in [1.82, 2.24) is 5.48 Å². The Labute approximate surface area is 55.3 Å². The monoisotopic (exact) mass is 131 g/mol. The highest BCUT2D eigenvalue weighted by molar-refractivity contribution is 5.76. The van der Waals surface area contributed by atoms with Crippen molar-refractivity contribution in [2.75, 3.05) is 7.11 Å². The number of carbonyl (C=O) groups is 1. The molecule has 0 aromatic rings. The number of rotatable bonds is 3. The Kier molecular flexibility index (Phi) is 4.05. The summed E-state index contributed by atoms with van der Waals surface area (Å²) in [6, 6.07) is 0. The molecule has 54 valence electrons. The first-order valence-corrected chi connectivity index (χ1v) is 3.05. The van der Waals surface area contributed by atoms with Crippen molar-refractivity contribution in [2.45, 2.75) is 20.3 Å². The van der Waals surface area contributed by atoms with E-state index in [1.165, 1.54) is 7.11 Å². The van der Waals surface area contributed by atoms with Gasteiger partial charge < -0.3 is 0 Å². The minimum absolute atomic E-state index is 0.0462. The molecular weight excluding hydrogens is 118 g/mol. The highest BCUT2D eigenvalue weighted by Gasteiger charge is 2.07. The van der Waals surface area contributed by atoms with Gasteiger partial charge >= 0.3 is 0 Å². The third-order valence-corrected chi connectivity index (χ3v) is 1.26. The Morgan fingerprint density at radius 3 is 2.67 bits per heavy atom. The number of hydrogen-bond acceptors (Lipinski definition) is 2. The maximum Gasteiger partial charge on any atom is 0.246 e. The molecule has 0 aliphatic rings. The van der Waals surface area contributed by atoms with Gasteiger partial charge in [-0.05, 0) is 6.42 Å². The van der Waals surface area contributed by atoms with Crippen LogP contribution in [-0.2, 0) is 9.63 Å². The van der Waals surface area contributed by atoms with Gasteiger partial charge in [0, 0.05) is 5.92 Å². The number of carbonyl (C=O) groups excluding carboxylic acids is 1. The zero-order valence-electron chi connectivity index (χ0n) is 6.10. The zero-order valence-corrected chi connectivity index (χ0v) is 6.10. The number of amides is 1. The smallest absolute Gasteiger partial charge is 0.246 e. The van der Waals surface area contributed by atoms with Gasteiger partial charge in [0.1, 0.15) is 0 Å². The molecule has 0 unspecified atom stereocenters. The summed E-state index contributed by atoms with van der Waals surface area (Å²) in [5, 5.41) is 0. The van der Waals surface area contributed by atoms with Gasteiger partial charge in [-0.2, -0.15) is 0 Å². The Morgan fingerprint density at radius 1 is 1.78 bits per heavy atom. The van der Waals surface area contributed by atoms with Crippen LogP contribution in [0.4, 0.5) is 0 Å². The van der Waals surface area contributed by atoms with Crippen LogP contribution in [0.1, 0.15) is 20.3 Å². The lowest BCUT2D eigenvalue weighted by Gasteiger charge is -2.05. The molecule has 9 heavy (non-hydrogen) atoms. The van der Waals surface area contributed by atoms with Crippen LogP contribution in [0.25, 0.3) is 0 Å². The van der Waals surface area contributed by atoms with Crippen molar-refractivity contribution in [2.24, 2.45) is 5.92 Å². The largest absolute Gasteiger partial charge is 0.277 e. The number of hydroxylamine groups is 1. The summed E-state index contributed by atoms with van der Waals surface area (Å²) in [6.45, 7) is 3.81. The van der Waals surface area contributed by atoms with E-state index in [1.54, 1.807) is 0 Å². The van der Waals surface area contributed by atoms with Crippen molar-refractivity contribution in [3.8, 4) is 0 Å². The first-order chi connectivity index (χ1) is 4.22. The molecule has 0 rings (SSSR count). The molecule has 0 saturated carbocycles. The van der Waals surface area contributed by atoms with Crippen LogP contribution in [0.15, 0.2) is 0 Å². The molecule has 3 nitrogen and oxygen atoms in total. The summed E-state index contributed by atoms with van der Waals surface area (Å²) in [5.41, 5.74) is 2.26. The van der Waals surface area contributed by atoms with Gasteiger partial charge in [0.05, 0.1) is 7.11 Å². The second-order valence-corrected chi connectivity index (χ2v) is 1.98. The lowest BCUT2D eigenvalue weighted by atomic mass is 10.1. The SMILES string of the molecule is CC[C@@H](C)C(=O)NOC. The summed E-state index contributed by atoms with van der Waals surface area (Å²) in [4.78, 5) is 15.2. The molecule has 3 heteroatoms. The Morgan fingerprint density at radius 2 is 2.33 bits per heavy atom. The molecule has 1 amide bonds. The third kappa shape index (κ3) is 3.08. The first kappa shape index (κ1) is 8.43. The van der Waals surface area contributed by atoms with Crippen molar-refractivity contribution < 1.29 is 9.63 Å². The second kappa shape index (κ2) is 4.32. The molecule has 0 radical (unpaired) electrons. The topological polar surface area (TPSA) is 38.3 Å². The van der Waals surface area contributed by atoms with E-state index in [9.17, 15) is 4.79 Å². The van der Waals surface area contributed by atoms with Gasteiger partial charge in [-0.1, -0.05) is 13.8 Å². The normalized spacial score (nSPS) is 12.8. The summed E-state index contributed by atoms with van der Waals surface area (Å²) in [6.07, 6.45) is 0.842. The Bertz CT molecular complexity index is 93.1. The van der Waals surface area contributed by atoms with Crippen molar-refractivity contribution in [3.05, 3.63) is 0 Å². The van der Waals surface area contributed by atoms with E-state index in [4.69, 9.17) is 0 Å². The van der Waals surface area contributed by atoms with E-state index in [1.807, 2.05) is 13.8 Å². The zero-order chi connectivity index (χ0) is 7.28. The van der Waals surface area contributed by atoms with Crippen LogP contribution in [0, 0.1) is 5.92 Å². The first-order valence-electron chi connectivity index (χ1n) is 3.05. The summed E-state index contributed by atoms with van der Waals surface area (Å²) < 4.78 is 0. The average molecular weight is 131 g/mol. The predicted molar refractivity (Wildman–Crippen MR) is 34.6 cm³/mol. The molecule has 0 bridgehead atoms. The van der Waals surface area contributed by atoms with E-state index in [0.717, 1.165) is 6.42 Å². The molecule has 0 heterocycles. The van der Waals surface area contributed by atoms with E-state index in [0.29, 0.717) is 0 Å². The number of nitrogens with one attached hydrogen (secondary N) is 1. The molecule has 1 atom stereocenters. The molecule has 0 fully saturated rings. The van der Waals surface area contributed by atoms with E-state index < -0.39 is 0 Å². The minimum atomic E-state index is -0.0556. The van der Waals surface area contributed by atoms with Crippen LogP contribution in [0.2, 0.25) is 0 Å². The quantitative estimate of drug-likeness (QED) is 0.573. The summed E-state index contributed by atoms with van der Waals surface area (Å²) in [5.74, 6) is -0.00931. The molecule has 1 N–H and O–H groups in total. The maximum absolute atomic E-state index is 10.7. The van der Waals surface area contributed by atoms with Crippen molar-refractivity contribution in [1.29, 1.82) is 0 Å². The summed E-state index contributed by atoms with van der Waals surface area (Å²) >= 11 is 0. The van der Waals surface area contributed by atoms with Crippen molar-refractivity contribution in [3.63, 3.8) is 0 Å². The van der Waals surface area contributed by atoms with Gasteiger partial charge in [-0.3, -0.25) is 9.63 Å². The lowest BCUT2D eigenvalue weighted by molar-refractivity contribution is -0.135. The van der Waals surface area contributed by atoms with Crippen LogP contribution in [0.5, 0.6) is 0 Å². The van der Waals surface area contributed by atoms with Crippen LogP contribution < -0.4 is 5.48 Å². The lowest BCUT2D eigenvalue weighted by Crippen LogP contribution is -2.27. The number of hydrogen-bond donors (Lipinski definition) is 1. The second-order valence-electron chi connectivity index (χ2n) is 1.98. The molecule has 0 aromatic heterocycles. The Balaban J connectivity index is 3.46. The van der Waals surface area contributed by atoms with Crippen LogP contribution in [0.3, 0.4) is 0 Å². The van der Waals surface area contributed by atoms with Crippen LogP contribution in [-0.4, -0.2) is 13.0 Å². The molecule has 0 aliphatic carbocycles. The van der Waals surface area contributed by atoms with Gasteiger partial charge in [-0.15, -0.1) is 0 Å². The van der Waals surface area contributed by atoms with Gasteiger partial charge in [0.25, 0.3) is 0 Å². The van der Waals surface area contributed by atoms with Gasteiger partial charge in [-0.25, -0.2) is 5.48 Å². The van der Waals surface area contributed by atoms with Gasteiger partial charge in [0.15, 0.2) is 0 Å². The Hall–Kier alpha value is -0.570. The van der Waals surface area contributed by atoms with E-state index in [2.05, 4.69) is 10.3 Å². The van der Waals surface area contributed by atoms with E-state index in [-0.39, 0.29) is 11.8 Å². The molecule has 0 aliphatic heterocycles. The van der Waals surface area contributed by atoms with E-state index >= 15 is 0 Å². The average Bonchev–Trinajstić information content (AvgIpc) is 1.87. The highest BCUT2D eigenvalue weighted by atomic mass is 16.6. The standard InChI is InChI=1S/C6H13NO2/c1-4-5(2)6(8)7-9-3/h5H,4H2,1-3H3,(H,7,8)/t5-/m1/s1. The molecule has 0 saturated heterocycles. The molecule has 0 aromatic carbocycles. The fourth-order valence-electron chi connectivity index (χ4n) is 0.387. The fraction of sp³-hybridized carbons (Fsp3) is 0.833. The van der Waals surface area contributed by atoms with Crippen LogP contribution >= 0.6 is 0 Å². The predicted octanol–water partition coefficient (Wildman–Crippen LogP) is 0.710.